The highest BCUT2D eigenvalue weighted by Crippen LogP contribution is 2.30. The first-order valence-corrected chi connectivity index (χ1v) is 7.84. The number of rotatable bonds is 4. The molecule has 0 aliphatic heterocycles. The topological polar surface area (TPSA) is 17.0 Å². The van der Waals surface area contributed by atoms with Crippen LogP contribution in [0.25, 0.3) is 0 Å². The van der Waals surface area contributed by atoms with Crippen molar-refractivity contribution in [2.24, 2.45) is 0 Å². The summed E-state index contributed by atoms with van der Waals surface area (Å²) in [6.07, 6.45) is 8.10. The lowest BCUT2D eigenvalue weighted by molar-refractivity contribution is 0.473. The zero-order chi connectivity index (χ0) is 14.8. The van der Waals surface area contributed by atoms with E-state index >= 15 is 0 Å². The molecule has 0 saturated carbocycles. The van der Waals surface area contributed by atoms with Gasteiger partial charge >= 0.3 is 0 Å². The van der Waals surface area contributed by atoms with E-state index in [1.807, 2.05) is 13.0 Å². The van der Waals surface area contributed by atoms with E-state index in [1.54, 1.807) is 6.07 Å². The van der Waals surface area contributed by atoms with Gasteiger partial charge in [0.15, 0.2) is 0 Å². The standard InChI is InChI=1S/C18H23FN2/c1-3-20-18-6-4-5-14-10-21(12-17(14)18)11-15-9-16(19)8-7-13(15)2/h7-10,12,18,20H,3-6,11H2,1-2H3. The number of nitrogens with one attached hydrogen (secondary N) is 1. The normalized spacial score (nSPS) is 17.8. The highest BCUT2D eigenvalue weighted by molar-refractivity contribution is 5.32. The summed E-state index contributed by atoms with van der Waals surface area (Å²) in [6.45, 7) is 5.94. The molecule has 1 heterocycles. The van der Waals surface area contributed by atoms with E-state index in [4.69, 9.17) is 0 Å². The molecular formula is C18H23FN2. The first-order chi connectivity index (χ1) is 10.2. The van der Waals surface area contributed by atoms with E-state index < -0.39 is 0 Å². The second-order valence-electron chi connectivity index (χ2n) is 5.98. The van der Waals surface area contributed by atoms with Crippen molar-refractivity contribution in [3.8, 4) is 0 Å². The summed E-state index contributed by atoms with van der Waals surface area (Å²) >= 11 is 0. The van der Waals surface area contributed by atoms with Crippen LogP contribution < -0.4 is 5.32 Å². The average Bonchev–Trinajstić information content (AvgIpc) is 2.87. The van der Waals surface area contributed by atoms with Crippen molar-refractivity contribution in [1.29, 1.82) is 0 Å². The summed E-state index contributed by atoms with van der Waals surface area (Å²) in [5.41, 5.74) is 5.08. The lowest BCUT2D eigenvalue weighted by Crippen LogP contribution is -2.23. The first kappa shape index (κ1) is 14.3. The van der Waals surface area contributed by atoms with Gasteiger partial charge in [0.2, 0.25) is 0 Å². The fraction of sp³-hybridized carbons (Fsp3) is 0.444. The van der Waals surface area contributed by atoms with Gasteiger partial charge in [-0.2, -0.15) is 0 Å². The minimum Gasteiger partial charge on any atom is -0.349 e. The molecule has 0 bridgehead atoms. The van der Waals surface area contributed by atoms with Gasteiger partial charge < -0.3 is 9.88 Å². The molecule has 1 aromatic carbocycles. The smallest absolute Gasteiger partial charge is 0.123 e. The van der Waals surface area contributed by atoms with Crippen molar-refractivity contribution in [2.75, 3.05) is 6.54 Å². The van der Waals surface area contributed by atoms with Crippen LogP contribution in [0.15, 0.2) is 30.6 Å². The Bertz CT molecular complexity index is 630. The Hall–Kier alpha value is -1.61. The van der Waals surface area contributed by atoms with Gasteiger partial charge in [0.1, 0.15) is 5.82 Å². The van der Waals surface area contributed by atoms with Crippen LogP contribution in [0, 0.1) is 12.7 Å². The highest BCUT2D eigenvalue weighted by Gasteiger charge is 2.21. The summed E-state index contributed by atoms with van der Waals surface area (Å²) in [6, 6.07) is 5.51. The fourth-order valence-electron chi connectivity index (χ4n) is 3.31. The van der Waals surface area contributed by atoms with Crippen LogP contribution in [0.3, 0.4) is 0 Å². The second kappa shape index (κ2) is 6.02. The van der Waals surface area contributed by atoms with Gasteiger partial charge in [-0.1, -0.05) is 13.0 Å². The van der Waals surface area contributed by atoms with Crippen LogP contribution in [0.2, 0.25) is 0 Å². The zero-order valence-corrected chi connectivity index (χ0v) is 12.8. The van der Waals surface area contributed by atoms with E-state index in [9.17, 15) is 4.39 Å². The van der Waals surface area contributed by atoms with Gasteiger partial charge in [0.25, 0.3) is 0 Å². The van der Waals surface area contributed by atoms with Gasteiger partial charge in [-0.3, -0.25) is 0 Å². The van der Waals surface area contributed by atoms with Crippen LogP contribution >= 0.6 is 0 Å². The molecule has 1 N–H and O–H groups in total. The maximum absolute atomic E-state index is 13.4. The summed E-state index contributed by atoms with van der Waals surface area (Å²) in [5.74, 6) is -0.155. The minimum absolute atomic E-state index is 0.155. The second-order valence-corrected chi connectivity index (χ2v) is 5.98. The number of fused-ring (bicyclic) bond motifs is 1. The van der Waals surface area contributed by atoms with Gasteiger partial charge in [0, 0.05) is 25.0 Å². The first-order valence-electron chi connectivity index (χ1n) is 7.84. The van der Waals surface area contributed by atoms with Crippen LogP contribution in [0.5, 0.6) is 0 Å². The molecule has 0 fully saturated rings. The molecule has 1 aliphatic carbocycles. The molecule has 0 amide bonds. The van der Waals surface area contributed by atoms with Crippen LogP contribution in [-0.4, -0.2) is 11.1 Å². The summed E-state index contributed by atoms with van der Waals surface area (Å²) in [5, 5.41) is 3.57. The number of halogens is 1. The van der Waals surface area contributed by atoms with Crippen LogP contribution in [0.4, 0.5) is 4.39 Å². The van der Waals surface area contributed by atoms with Crippen molar-refractivity contribution in [3.63, 3.8) is 0 Å². The quantitative estimate of drug-likeness (QED) is 0.900. The number of benzene rings is 1. The fourth-order valence-corrected chi connectivity index (χ4v) is 3.31. The number of hydrogen-bond acceptors (Lipinski definition) is 1. The third-order valence-corrected chi connectivity index (χ3v) is 4.43. The molecule has 1 atom stereocenters. The molecule has 2 nitrogen and oxygen atoms in total. The van der Waals surface area contributed by atoms with E-state index in [0.717, 1.165) is 30.6 Å². The molecule has 112 valence electrons. The SMILES string of the molecule is CCNC1CCCc2cn(Cc3cc(F)ccc3C)cc21. The van der Waals surface area contributed by atoms with E-state index in [2.05, 4.69) is 29.2 Å². The van der Waals surface area contributed by atoms with E-state index in [1.165, 1.54) is 30.0 Å². The Labute approximate surface area is 126 Å². The van der Waals surface area contributed by atoms with Crippen molar-refractivity contribution in [2.45, 2.75) is 45.7 Å². The van der Waals surface area contributed by atoms with Gasteiger partial charge in [-0.15, -0.1) is 0 Å². The van der Waals surface area contributed by atoms with E-state index in [-0.39, 0.29) is 5.82 Å². The Morgan fingerprint density at radius 2 is 2.19 bits per heavy atom. The lowest BCUT2D eigenvalue weighted by atomic mass is 9.91. The Morgan fingerprint density at radius 3 is 3.00 bits per heavy atom. The number of hydrogen-bond donors (Lipinski definition) is 1. The molecule has 1 aromatic heterocycles. The van der Waals surface area contributed by atoms with Crippen molar-refractivity contribution < 1.29 is 4.39 Å². The van der Waals surface area contributed by atoms with Gasteiger partial charge in [-0.25, -0.2) is 4.39 Å². The average molecular weight is 286 g/mol. The van der Waals surface area contributed by atoms with E-state index in [0.29, 0.717) is 6.04 Å². The molecule has 0 saturated heterocycles. The van der Waals surface area contributed by atoms with Crippen molar-refractivity contribution in [1.82, 2.24) is 9.88 Å². The molecule has 0 spiro atoms. The zero-order valence-electron chi connectivity index (χ0n) is 12.8. The molecule has 3 heteroatoms. The molecule has 3 rings (SSSR count). The molecule has 0 radical (unpaired) electrons. The molecule has 1 unspecified atom stereocenters. The molecule has 21 heavy (non-hydrogen) atoms. The monoisotopic (exact) mass is 286 g/mol. The molecule has 1 aliphatic rings. The number of aromatic nitrogens is 1. The minimum atomic E-state index is -0.155. The Morgan fingerprint density at radius 1 is 1.33 bits per heavy atom. The van der Waals surface area contributed by atoms with Gasteiger partial charge in [0.05, 0.1) is 0 Å². The Kier molecular flexibility index (Phi) is 4.11. The highest BCUT2D eigenvalue weighted by atomic mass is 19.1. The third kappa shape index (κ3) is 3.03. The number of nitrogens with zero attached hydrogens (tertiary/aromatic N) is 1. The largest absolute Gasteiger partial charge is 0.349 e. The summed E-state index contributed by atoms with van der Waals surface area (Å²) < 4.78 is 15.6. The lowest BCUT2D eigenvalue weighted by Gasteiger charge is -2.22. The Balaban J connectivity index is 1.86. The maximum Gasteiger partial charge on any atom is 0.123 e. The number of aryl methyl sites for hydroxylation is 2. The summed E-state index contributed by atoms with van der Waals surface area (Å²) in [7, 11) is 0. The molecule has 2 aromatic rings. The predicted molar refractivity (Wildman–Crippen MR) is 84.0 cm³/mol. The van der Waals surface area contributed by atoms with Gasteiger partial charge in [-0.05, 0) is 67.1 Å². The maximum atomic E-state index is 13.4. The molecular weight excluding hydrogens is 263 g/mol. The van der Waals surface area contributed by atoms with Crippen molar-refractivity contribution >= 4 is 0 Å². The van der Waals surface area contributed by atoms with Crippen LogP contribution in [-0.2, 0) is 13.0 Å². The van der Waals surface area contributed by atoms with Crippen molar-refractivity contribution in [3.05, 3.63) is 58.7 Å². The predicted octanol–water partition coefficient (Wildman–Crippen LogP) is 3.97. The summed E-state index contributed by atoms with van der Waals surface area (Å²) in [4.78, 5) is 0. The van der Waals surface area contributed by atoms with Crippen LogP contribution in [0.1, 0.15) is 48.1 Å². The third-order valence-electron chi connectivity index (χ3n) is 4.43.